The molecule has 0 aliphatic heterocycles. The van der Waals surface area contributed by atoms with Crippen LogP contribution in [-0.4, -0.2) is 0 Å². The number of halogens is 3. The Hall–Kier alpha value is -0.900. The van der Waals surface area contributed by atoms with E-state index in [4.69, 9.17) is 17.3 Å². The molecule has 0 aromatic heterocycles. The van der Waals surface area contributed by atoms with E-state index < -0.39 is 0 Å². The fraction of sp³-hybridized carbons (Fsp3) is 0.0769. The summed E-state index contributed by atoms with van der Waals surface area (Å²) in [6, 6.07) is 11.8. The third-order valence-corrected chi connectivity index (χ3v) is 3.43. The number of hydrogen-bond acceptors (Lipinski definition) is 1. The maximum atomic E-state index is 13.4. The number of hydrogen-bond donors (Lipinski definition) is 1. The van der Waals surface area contributed by atoms with Crippen LogP contribution in [-0.2, 0) is 0 Å². The first-order valence-corrected chi connectivity index (χ1v) is 6.21. The third kappa shape index (κ3) is 2.86. The molecule has 4 heteroatoms. The summed E-state index contributed by atoms with van der Waals surface area (Å²) in [4.78, 5) is 0. The molecule has 2 rings (SSSR count). The highest BCUT2D eigenvalue weighted by Crippen LogP contribution is 2.24. The van der Waals surface area contributed by atoms with Gasteiger partial charge in [0.25, 0.3) is 0 Å². The predicted octanol–water partition coefficient (Wildman–Crippen LogP) is 4.29. The molecule has 0 bridgehead atoms. The summed E-state index contributed by atoms with van der Waals surface area (Å²) >= 11 is 8.91. The normalized spacial score (nSPS) is 12.5. The Morgan fingerprint density at radius 1 is 1.06 bits per heavy atom. The largest absolute Gasteiger partial charge is 0.320 e. The molecule has 1 atom stereocenters. The Morgan fingerprint density at radius 3 is 2.24 bits per heavy atom. The smallest absolute Gasteiger partial charge is 0.137 e. The van der Waals surface area contributed by atoms with E-state index in [0.717, 1.165) is 11.1 Å². The summed E-state index contributed by atoms with van der Waals surface area (Å²) in [6.45, 7) is 0. The lowest BCUT2D eigenvalue weighted by Gasteiger charge is -2.13. The van der Waals surface area contributed by atoms with Crippen molar-refractivity contribution in [2.75, 3.05) is 0 Å². The molecule has 0 fully saturated rings. The lowest BCUT2D eigenvalue weighted by atomic mass is 10.00. The van der Waals surface area contributed by atoms with Crippen LogP contribution in [0.15, 0.2) is 46.9 Å². The minimum absolute atomic E-state index is 0.313. The molecule has 0 aliphatic rings. The van der Waals surface area contributed by atoms with Crippen LogP contribution in [0.4, 0.5) is 4.39 Å². The first-order valence-electron chi connectivity index (χ1n) is 5.04. The standard InChI is InChI=1S/C13H10BrClFN/c14-11-6-3-9(7-12(11)16)13(17)8-1-4-10(15)5-2-8/h1-7,13H,17H2. The van der Waals surface area contributed by atoms with Gasteiger partial charge in [-0.05, 0) is 51.3 Å². The Kier molecular flexibility index (Phi) is 3.82. The maximum Gasteiger partial charge on any atom is 0.137 e. The fourth-order valence-electron chi connectivity index (χ4n) is 1.57. The second kappa shape index (κ2) is 5.17. The van der Waals surface area contributed by atoms with Crippen molar-refractivity contribution in [3.63, 3.8) is 0 Å². The van der Waals surface area contributed by atoms with Gasteiger partial charge in [-0.15, -0.1) is 0 Å². The van der Waals surface area contributed by atoms with Crippen molar-refractivity contribution in [2.45, 2.75) is 6.04 Å². The third-order valence-electron chi connectivity index (χ3n) is 2.53. The second-order valence-electron chi connectivity index (χ2n) is 3.70. The SMILES string of the molecule is NC(c1ccc(Cl)cc1)c1ccc(Br)c(F)c1. The van der Waals surface area contributed by atoms with Crippen LogP contribution in [0.5, 0.6) is 0 Å². The number of rotatable bonds is 2. The van der Waals surface area contributed by atoms with E-state index in [-0.39, 0.29) is 11.9 Å². The van der Waals surface area contributed by atoms with Gasteiger partial charge in [-0.25, -0.2) is 4.39 Å². The first-order chi connectivity index (χ1) is 8.08. The minimum Gasteiger partial charge on any atom is -0.320 e. The molecular formula is C13H10BrClFN. The highest BCUT2D eigenvalue weighted by molar-refractivity contribution is 9.10. The highest BCUT2D eigenvalue weighted by atomic mass is 79.9. The van der Waals surface area contributed by atoms with Gasteiger partial charge >= 0.3 is 0 Å². The van der Waals surface area contributed by atoms with Crippen molar-refractivity contribution in [1.29, 1.82) is 0 Å². The van der Waals surface area contributed by atoms with Crippen LogP contribution in [0.25, 0.3) is 0 Å². The number of benzene rings is 2. The highest BCUT2D eigenvalue weighted by Gasteiger charge is 2.10. The van der Waals surface area contributed by atoms with Crippen molar-refractivity contribution in [1.82, 2.24) is 0 Å². The van der Waals surface area contributed by atoms with E-state index in [1.807, 2.05) is 12.1 Å². The van der Waals surface area contributed by atoms with Gasteiger partial charge in [0, 0.05) is 5.02 Å². The summed E-state index contributed by atoms with van der Waals surface area (Å²) in [6.07, 6.45) is 0. The Bertz CT molecular complexity index is 527. The molecule has 0 amide bonds. The number of nitrogens with two attached hydrogens (primary N) is 1. The quantitative estimate of drug-likeness (QED) is 0.879. The second-order valence-corrected chi connectivity index (χ2v) is 4.99. The van der Waals surface area contributed by atoms with E-state index in [1.165, 1.54) is 6.07 Å². The van der Waals surface area contributed by atoms with E-state index in [0.29, 0.717) is 9.50 Å². The van der Waals surface area contributed by atoms with Crippen LogP contribution in [0.2, 0.25) is 5.02 Å². The average molecular weight is 315 g/mol. The minimum atomic E-state index is -0.352. The van der Waals surface area contributed by atoms with Crippen LogP contribution in [0.3, 0.4) is 0 Å². The Morgan fingerprint density at radius 2 is 1.65 bits per heavy atom. The van der Waals surface area contributed by atoms with Crippen LogP contribution < -0.4 is 5.73 Å². The van der Waals surface area contributed by atoms with Gasteiger partial charge in [-0.2, -0.15) is 0 Å². The summed E-state index contributed by atoms with van der Waals surface area (Å²) in [5, 5.41) is 0.655. The molecule has 17 heavy (non-hydrogen) atoms. The zero-order chi connectivity index (χ0) is 12.4. The molecule has 1 nitrogen and oxygen atoms in total. The molecule has 1 unspecified atom stereocenters. The summed E-state index contributed by atoms with van der Waals surface area (Å²) in [5.41, 5.74) is 7.69. The summed E-state index contributed by atoms with van der Waals surface area (Å²) in [7, 11) is 0. The lowest BCUT2D eigenvalue weighted by molar-refractivity contribution is 0.617. The Labute approximate surface area is 113 Å². The summed E-state index contributed by atoms with van der Waals surface area (Å²) in [5.74, 6) is -0.313. The average Bonchev–Trinajstić information content (AvgIpc) is 2.33. The molecule has 0 heterocycles. The molecule has 0 spiro atoms. The van der Waals surface area contributed by atoms with Gasteiger partial charge < -0.3 is 5.73 Å². The molecule has 0 aliphatic carbocycles. The molecular weight excluding hydrogens is 305 g/mol. The Balaban J connectivity index is 2.33. The molecule has 0 radical (unpaired) electrons. The molecule has 2 N–H and O–H groups in total. The van der Waals surface area contributed by atoms with Crippen LogP contribution >= 0.6 is 27.5 Å². The fourth-order valence-corrected chi connectivity index (χ4v) is 1.94. The van der Waals surface area contributed by atoms with Crippen molar-refractivity contribution in [3.05, 3.63) is 68.9 Å². The topological polar surface area (TPSA) is 26.0 Å². The van der Waals surface area contributed by atoms with Gasteiger partial charge in [0.2, 0.25) is 0 Å². The first kappa shape index (κ1) is 12.6. The maximum absolute atomic E-state index is 13.4. The monoisotopic (exact) mass is 313 g/mol. The van der Waals surface area contributed by atoms with Gasteiger partial charge in [-0.1, -0.05) is 29.8 Å². The van der Waals surface area contributed by atoms with Gasteiger partial charge in [0.15, 0.2) is 0 Å². The molecule has 0 saturated heterocycles. The van der Waals surface area contributed by atoms with E-state index >= 15 is 0 Å². The van der Waals surface area contributed by atoms with Crippen molar-refractivity contribution >= 4 is 27.5 Å². The van der Waals surface area contributed by atoms with Gasteiger partial charge in [-0.3, -0.25) is 0 Å². The van der Waals surface area contributed by atoms with E-state index in [2.05, 4.69) is 15.9 Å². The predicted molar refractivity (Wildman–Crippen MR) is 71.6 cm³/mol. The van der Waals surface area contributed by atoms with Gasteiger partial charge in [0.05, 0.1) is 10.5 Å². The lowest BCUT2D eigenvalue weighted by Crippen LogP contribution is -2.11. The zero-order valence-corrected chi connectivity index (χ0v) is 11.2. The molecule has 0 saturated carbocycles. The summed E-state index contributed by atoms with van der Waals surface area (Å²) < 4.78 is 13.8. The van der Waals surface area contributed by atoms with Crippen molar-refractivity contribution < 1.29 is 4.39 Å². The molecule has 2 aromatic rings. The van der Waals surface area contributed by atoms with Crippen molar-refractivity contribution in [2.24, 2.45) is 5.73 Å². The molecule has 88 valence electrons. The van der Waals surface area contributed by atoms with Gasteiger partial charge in [0.1, 0.15) is 5.82 Å². The van der Waals surface area contributed by atoms with Crippen LogP contribution in [0, 0.1) is 5.82 Å². The van der Waals surface area contributed by atoms with E-state index in [9.17, 15) is 4.39 Å². The van der Waals surface area contributed by atoms with Crippen molar-refractivity contribution in [3.8, 4) is 0 Å². The zero-order valence-electron chi connectivity index (χ0n) is 8.83. The van der Waals surface area contributed by atoms with Crippen LogP contribution in [0.1, 0.15) is 17.2 Å². The van der Waals surface area contributed by atoms with E-state index in [1.54, 1.807) is 24.3 Å². The molecule has 2 aromatic carbocycles.